The van der Waals surface area contributed by atoms with Gasteiger partial charge in [0.15, 0.2) is 0 Å². The largest absolute Gasteiger partial charge is 0.489 e. The molecule has 0 radical (unpaired) electrons. The third-order valence-corrected chi connectivity index (χ3v) is 2.56. The van der Waals surface area contributed by atoms with Gasteiger partial charge in [0.2, 0.25) is 0 Å². The first-order valence-corrected chi connectivity index (χ1v) is 6.37. The summed E-state index contributed by atoms with van der Waals surface area (Å²) in [5, 5.41) is 0. The van der Waals surface area contributed by atoms with E-state index in [0.29, 0.717) is 30.2 Å². The van der Waals surface area contributed by atoms with Gasteiger partial charge in [-0.2, -0.15) is 0 Å². The SMILES string of the molecule is CCCCOCCOc1cc(C(=O)OC)ccc1N. The number of carbonyl (C=O) groups is 1. The lowest BCUT2D eigenvalue weighted by molar-refractivity contribution is 0.0600. The van der Waals surface area contributed by atoms with Crippen LogP contribution in [0.25, 0.3) is 0 Å². The van der Waals surface area contributed by atoms with Crippen LogP contribution in [0.3, 0.4) is 0 Å². The molecule has 0 bridgehead atoms. The Hall–Kier alpha value is -1.75. The third-order valence-electron chi connectivity index (χ3n) is 2.56. The maximum Gasteiger partial charge on any atom is 0.337 e. The lowest BCUT2D eigenvalue weighted by Crippen LogP contribution is -2.09. The topological polar surface area (TPSA) is 70.8 Å². The lowest BCUT2D eigenvalue weighted by atomic mass is 10.2. The molecule has 0 atom stereocenters. The number of benzene rings is 1. The van der Waals surface area contributed by atoms with Crippen molar-refractivity contribution in [3.63, 3.8) is 0 Å². The van der Waals surface area contributed by atoms with Crippen molar-refractivity contribution in [3.8, 4) is 5.75 Å². The molecule has 2 N–H and O–H groups in total. The average Bonchev–Trinajstić information content (AvgIpc) is 2.43. The predicted molar refractivity (Wildman–Crippen MR) is 73.4 cm³/mol. The van der Waals surface area contributed by atoms with Gasteiger partial charge in [0.1, 0.15) is 12.4 Å². The number of methoxy groups -OCH3 is 1. The number of unbranched alkanes of at least 4 members (excludes halogenated alkanes) is 1. The molecule has 0 saturated carbocycles. The fourth-order valence-electron chi connectivity index (χ4n) is 1.46. The second-order valence-corrected chi connectivity index (χ2v) is 4.06. The fourth-order valence-corrected chi connectivity index (χ4v) is 1.46. The van der Waals surface area contributed by atoms with E-state index in [1.165, 1.54) is 7.11 Å². The van der Waals surface area contributed by atoms with E-state index in [4.69, 9.17) is 15.2 Å². The minimum absolute atomic E-state index is 0.401. The van der Waals surface area contributed by atoms with E-state index in [2.05, 4.69) is 11.7 Å². The number of carbonyl (C=O) groups excluding carboxylic acids is 1. The van der Waals surface area contributed by atoms with Gasteiger partial charge in [-0.25, -0.2) is 4.79 Å². The van der Waals surface area contributed by atoms with Crippen molar-refractivity contribution < 1.29 is 19.0 Å². The van der Waals surface area contributed by atoms with Gasteiger partial charge in [-0.05, 0) is 24.6 Å². The van der Waals surface area contributed by atoms with Crippen LogP contribution in [0.5, 0.6) is 5.75 Å². The molecule has 0 fully saturated rings. The molecular formula is C14H21NO4. The summed E-state index contributed by atoms with van der Waals surface area (Å²) in [6.45, 7) is 3.75. The molecule has 0 aliphatic carbocycles. The Balaban J connectivity index is 2.46. The van der Waals surface area contributed by atoms with Crippen LogP contribution < -0.4 is 10.5 Å². The monoisotopic (exact) mass is 267 g/mol. The molecule has 0 spiro atoms. The van der Waals surface area contributed by atoms with Gasteiger partial charge in [0.25, 0.3) is 0 Å². The van der Waals surface area contributed by atoms with Crippen molar-refractivity contribution in [3.05, 3.63) is 23.8 Å². The van der Waals surface area contributed by atoms with Gasteiger partial charge in [0.05, 0.1) is 25.0 Å². The summed E-state index contributed by atoms with van der Waals surface area (Å²) in [7, 11) is 1.33. The van der Waals surface area contributed by atoms with Crippen LogP contribution in [0.15, 0.2) is 18.2 Å². The van der Waals surface area contributed by atoms with E-state index in [9.17, 15) is 4.79 Å². The number of nitrogen functional groups attached to an aromatic ring is 1. The van der Waals surface area contributed by atoms with E-state index in [0.717, 1.165) is 19.4 Å². The molecule has 5 nitrogen and oxygen atoms in total. The molecule has 1 aromatic rings. The zero-order chi connectivity index (χ0) is 14.1. The van der Waals surface area contributed by atoms with E-state index >= 15 is 0 Å². The third kappa shape index (κ3) is 5.18. The van der Waals surface area contributed by atoms with Gasteiger partial charge < -0.3 is 19.9 Å². The molecule has 1 rings (SSSR count). The van der Waals surface area contributed by atoms with Crippen LogP contribution in [-0.2, 0) is 9.47 Å². The predicted octanol–water partition coefficient (Wildman–Crippen LogP) is 2.25. The van der Waals surface area contributed by atoms with Gasteiger partial charge in [-0.3, -0.25) is 0 Å². The minimum Gasteiger partial charge on any atom is -0.489 e. The number of nitrogens with two attached hydrogens (primary N) is 1. The Morgan fingerprint density at radius 3 is 2.74 bits per heavy atom. The Morgan fingerprint density at radius 1 is 1.26 bits per heavy atom. The summed E-state index contributed by atoms with van der Waals surface area (Å²) in [6, 6.07) is 4.80. The smallest absolute Gasteiger partial charge is 0.337 e. The first-order chi connectivity index (χ1) is 9.19. The van der Waals surface area contributed by atoms with Crippen LogP contribution in [-0.4, -0.2) is 32.9 Å². The molecule has 19 heavy (non-hydrogen) atoms. The molecule has 0 saturated heterocycles. The highest BCUT2D eigenvalue weighted by Crippen LogP contribution is 2.23. The van der Waals surface area contributed by atoms with E-state index < -0.39 is 5.97 Å². The molecule has 0 amide bonds. The molecule has 0 aliphatic rings. The fraction of sp³-hybridized carbons (Fsp3) is 0.500. The molecular weight excluding hydrogens is 246 g/mol. The molecule has 106 valence electrons. The molecule has 1 aromatic carbocycles. The van der Waals surface area contributed by atoms with Crippen LogP contribution in [0, 0.1) is 0 Å². The Kier molecular flexibility index (Phi) is 6.74. The number of hydrogen-bond acceptors (Lipinski definition) is 5. The summed E-state index contributed by atoms with van der Waals surface area (Å²) in [5.41, 5.74) is 6.68. The summed E-state index contributed by atoms with van der Waals surface area (Å²) in [4.78, 5) is 11.4. The summed E-state index contributed by atoms with van der Waals surface area (Å²) < 4.78 is 15.5. The number of anilines is 1. The molecule has 0 unspecified atom stereocenters. The van der Waals surface area contributed by atoms with Crippen LogP contribution >= 0.6 is 0 Å². The Labute approximate surface area is 113 Å². The van der Waals surface area contributed by atoms with Crippen molar-refractivity contribution in [1.29, 1.82) is 0 Å². The van der Waals surface area contributed by atoms with Crippen LogP contribution in [0.2, 0.25) is 0 Å². The van der Waals surface area contributed by atoms with Crippen molar-refractivity contribution in [2.24, 2.45) is 0 Å². The normalized spacial score (nSPS) is 10.2. The zero-order valence-corrected chi connectivity index (χ0v) is 11.5. The van der Waals surface area contributed by atoms with E-state index in [1.54, 1.807) is 18.2 Å². The number of hydrogen-bond donors (Lipinski definition) is 1. The summed E-state index contributed by atoms with van der Waals surface area (Å²) in [5.74, 6) is 0.0611. The van der Waals surface area contributed by atoms with Crippen molar-refractivity contribution in [1.82, 2.24) is 0 Å². The highest BCUT2D eigenvalue weighted by molar-refractivity contribution is 5.90. The minimum atomic E-state index is -0.413. The highest BCUT2D eigenvalue weighted by Gasteiger charge is 2.09. The number of ether oxygens (including phenoxy) is 3. The van der Waals surface area contributed by atoms with Gasteiger partial charge >= 0.3 is 5.97 Å². The first kappa shape index (κ1) is 15.3. The van der Waals surface area contributed by atoms with Gasteiger partial charge in [-0.1, -0.05) is 13.3 Å². The van der Waals surface area contributed by atoms with Crippen LogP contribution in [0.4, 0.5) is 5.69 Å². The second-order valence-electron chi connectivity index (χ2n) is 4.06. The summed E-state index contributed by atoms with van der Waals surface area (Å²) >= 11 is 0. The van der Waals surface area contributed by atoms with Gasteiger partial charge in [-0.15, -0.1) is 0 Å². The van der Waals surface area contributed by atoms with Crippen molar-refractivity contribution >= 4 is 11.7 Å². The quantitative estimate of drug-likeness (QED) is 0.444. The molecule has 0 aromatic heterocycles. The molecule has 5 heteroatoms. The second kappa shape index (κ2) is 8.37. The highest BCUT2D eigenvalue weighted by atomic mass is 16.5. The summed E-state index contributed by atoms with van der Waals surface area (Å²) in [6.07, 6.45) is 2.15. The standard InChI is InChI=1S/C14H21NO4/c1-3-4-7-18-8-9-19-13-10-11(14(16)17-2)5-6-12(13)15/h5-6,10H,3-4,7-9,15H2,1-2H3. The van der Waals surface area contributed by atoms with E-state index in [-0.39, 0.29) is 0 Å². The first-order valence-electron chi connectivity index (χ1n) is 6.37. The van der Waals surface area contributed by atoms with Crippen LogP contribution in [0.1, 0.15) is 30.1 Å². The Bertz CT molecular complexity index is 406. The molecule has 0 aliphatic heterocycles. The maximum absolute atomic E-state index is 11.4. The van der Waals surface area contributed by atoms with Crippen molar-refractivity contribution in [2.45, 2.75) is 19.8 Å². The van der Waals surface area contributed by atoms with Gasteiger partial charge in [0, 0.05) is 6.61 Å². The maximum atomic E-state index is 11.4. The zero-order valence-electron chi connectivity index (χ0n) is 11.5. The molecule has 0 heterocycles. The van der Waals surface area contributed by atoms with E-state index in [1.807, 2.05) is 0 Å². The van der Waals surface area contributed by atoms with Crippen molar-refractivity contribution in [2.75, 3.05) is 32.7 Å². The lowest BCUT2D eigenvalue weighted by Gasteiger charge is -2.10. The Morgan fingerprint density at radius 2 is 2.05 bits per heavy atom. The number of rotatable bonds is 8. The average molecular weight is 267 g/mol. The number of esters is 1.